The van der Waals surface area contributed by atoms with Gasteiger partial charge in [-0.1, -0.05) is 12.1 Å². The van der Waals surface area contributed by atoms with Gasteiger partial charge in [-0.05, 0) is 42.8 Å². The van der Waals surface area contributed by atoms with E-state index >= 15 is 0 Å². The predicted octanol–water partition coefficient (Wildman–Crippen LogP) is 2.72. The molecule has 0 radical (unpaired) electrons. The summed E-state index contributed by atoms with van der Waals surface area (Å²) >= 11 is 1.60. The number of thiophene rings is 1. The number of para-hydroxylation sites is 1. The highest BCUT2D eigenvalue weighted by Gasteiger charge is 2.54. The van der Waals surface area contributed by atoms with Crippen LogP contribution in [0.1, 0.15) is 33.6 Å². The average molecular weight is 370 g/mol. The number of aryl methyl sites for hydroxylation is 1. The Morgan fingerprint density at radius 2 is 2.12 bits per heavy atom. The van der Waals surface area contributed by atoms with E-state index in [4.69, 9.17) is 4.74 Å². The van der Waals surface area contributed by atoms with E-state index in [1.165, 1.54) is 7.11 Å². The molecule has 6 nitrogen and oxygen atoms in total. The van der Waals surface area contributed by atoms with Gasteiger partial charge in [0.2, 0.25) is 0 Å². The molecule has 0 saturated carbocycles. The molecule has 1 saturated heterocycles. The second kappa shape index (κ2) is 6.25. The molecular weight excluding hydrogens is 352 g/mol. The lowest BCUT2D eigenvalue weighted by atomic mass is 9.80. The maximum atomic E-state index is 13.1. The summed E-state index contributed by atoms with van der Waals surface area (Å²) in [5.41, 5.74) is 0.210. The fourth-order valence-electron chi connectivity index (χ4n) is 3.79. The van der Waals surface area contributed by atoms with Crippen molar-refractivity contribution in [3.8, 4) is 5.75 Å². The minimum atomic E-state index is -1.02. The first-order valence-corrected chi connectivity index (χ1v) is 9.32. The van der Waals surface area contributed by atoms with Gasteiger partial charge in [0.25, 0.3) is 5.91 Å². The van der Waals surface area contributed by atoms with Crippen molar-refractivity contribution in [1.29, 1.82) is 0 Å². The molecule has 2 heterocycles. The number of carbonyl (C=O) groups excluding carboxylic acids is 3. The molecule has 4 rings (SSSR count). The molecule has 1 spiro atoms. The standard InChI is InChI=1S/C19H18N2O4S/c1-25-15-6-3-2-5-12(15)14(22)11-21-17(23)19(20-18(21)24)9-4-7-16-13(19)8-10-26-16/h2-3,5-6,8,10H,4,7,9,11H2,1H3,(H,20,24)/t19-/m0/s1. The fraction of sp³-hybridized carbons (Fsp3) is 0.316. The van der Waals surface area contributed by atoms with Crippen LogP contribution in [-0.2, 0) is 16.8 Å². The molecule has 1 aliphatic heterocycles. The molecule has 1 N–H and O–H groups in total. The Morgan fingerprint density at radius 3 is 2.92 bits per heavy atom. The summed E-state index contributed by atoms with van der Waals surface area (Å²) in [5, 5.41) is 4.80. The Bertz CT molecular complexity index is 906. The number of nitrogens with one attached hydrogen (secondary N) is 1. The number of rotatable bonds is 4. The van der Waals surface area contributed by atoms with Gasteiger partial charge in [0.15, 0.2) is 5.78 Å². The molecule has 1 aromatic carbocycles. The first kappa shape index (κ1) is 16.8. The van der Waals surface area contributed by atoms with Gasteiger partial charge >= 0.3 is 6.03 Å². The molecule has 3 amide bonds. The first-order chi connectivity index (χ1) is 12.6. The summed E-state index contributed by atoms with van der Waals surface area (Å²) in [6.45, 7) is -0.299. The number of nitrogens with zero attached hydrogens (tertiary/aromatic N) is 1. The number of methoxy groups -OCH3 is 1. The molecule has 2 aromatic rings. The normalized spacial score (nSPS) is 21.7. The Balaban J connectivity index is 1.63. The second-order valence-corrected chi connectivity index (χ2v) is 7.46. The predicted molar refractivity (Wildman–Crippen MR) is 96.5 cm³/mol. The van der Waals surface area contributed by atoms with Crippen molar-refractivity contribution in [1.82, 2.24) is 10.2 Å². The molecule has 1 atom stereocenters. The third-order valence-corrected chi connectivity index (χ3v) is 6.03. The monoisotopic (exact) mass is 370 g/mol. The summed E-state index contributed by atoms with van der Waals surface area (Å²) < 4.78 is 5.21. The number of carbonyl (C=O) groups is 3. The SMILES string of the molecule is COc1ccccc1C(=O)CN1C(=O)N[C@]2(CCCc3sccc32)C1=O. The topological polar surface area (TPSA) is 75.7 Å². The smallest absolute Gasteiger partial charge is 0.325 e. The van der Waals surface area contributed by atoms with Crippen molar-refractivity contribution < 1.29 is 19.1 Å². The third kappa shape index (κ3) is 2.42. The highest BCUT2D eigenvalue weighted by atomic mass is 32.1. The zero-order valence-corrected chi connectivity index (χ0v) is 15.1. The van der Waals surface area contributed by atoms with E-state index in [1.54, 1.807) is 35.6 Å². The summed E-state index contributed by atoms with van der Waals surface area (Å²) in [6.07, 6.45) is 2.30. The van der Waals surface area contributed by atoms with Crippen molar-refractivity contribution in [3.63, 3.8) is 0 Å². The Hall–Kier alpha value is -2.67. The first-order valence-electron chi connectivity index (χ1n) is 8.44. The van der Waals surface area contributed by atoms with E-state index in [0.29, 0.717) is 17.7 Å². The maximum absolute atomic E-state index is 13.1. The number of benzene rings is 1. The van der Waals surface area contributed by atoms with Crippen LogP contribution in [0, 0.1) is 0 Å². The molecule has 26 heavy (non-hydrogen) atoms. The zero-order chi connectivity index (χ0) is 18.3. The summed E-state index contributed by atoms with van der Waals surface area (Å²) in [5.74, 6) is -0.244. The van der Waals surface area contributed by atoms with Crippen LogP contribution in [0.15, 0.2) is 35.7 Å². The van der Waals surface area contributed by atoms with E-state index < -0.39 is 11.6 Å². The van der Waals surface area contributed by atoms with Crippen LogP contribution in [0.3, 0.4) is 0 Å². The number of Topliss-reactive ketones (excluding diaryl/α,β-unsaturated/α-hetero) is 1. The number of ether oxygens (including phenoxy) is 1. The van der Waals surface area contributed by atoms with E-state index in [-0.39, 0.29) is 18.2 Å². The Kier molecular flexibility index (Phi) is 4.03. The number of fused-ring (bicyclic) bond motifs is 2. The van der Waals surface area contributed by atoms with Gasteiger partial charge in [-0.15, -0.1) is 11.3 Å². The molecule has 2 aliphatic rings. The Morgan fingerprint density at radius 1 is 1.31 bits per heavy atom. The molecule has 1 aromatic heterocycles. The van der Waals surface area contributed by atoms with Crippen molar-refractivity contribution >= 4 is 29.1 Å². The number of hydrogen-bond donors (Lipinski definition) is 1. The average Bonchev–Trinajstić information content (AvgIpc) is 3.22. The van der Waals surface area contributed by atoms with Gasteiger partial charge < -0.3 is 10.1 Å². The number of imide groups is 1. The zero-order valence-electron chi connectivity index (χ0n) is 14.3. The van der Waals surface area contributed by atoms with Gasteiger partial charge in [0, 0.05) is 10.4 Å². The molecule has 7 heteroatoms. The maximum Gasteiger partial charge on any atom is 0.325 e. The minimum Gasteiger partial charge on any atom is -0.496 e. The van der Waals surface area contributed by atoms with Crippen molar-refractivity contribution in [2.45, 2.75) is 24.8 Å². The highest BCUT2D eigenvalue weighted by Crippen LogP contribution is 2.42. The number of urea groups is 1. The van der Waals surface area contributed by atoms with Crippen LogP contribution >= 0.6 is 11.3 Å². The van der Waals surface area contributed by atoms with Crippen LogP contribution in [-0.4, -0.2) is 36.3 Å². The molecule has 0 bridgehead atoms. The number of hydrogen-bond acceptors (Lipinski definition) is 5. The third-order valence-electron chi connectivity index (χ3n) is 5.05. The minimum absolute atomic E-state index is 0.299. The van der Waals surface area contributed by atoms with Crippen molar-refractivity contribution in [2.24, 2.45) is 0 Å². The summed E-state index contributed by atoms with van der Waals surface area (Å²) in [7, 11) is 1.48. The summed E-state index contributed by atoms with van der Waals surface area (Å²) in [6, 6.07) is 8.19. The van der Waals surface area contributed by atoms with E-state index in [0.717, 1.165) is 28.2 Å². The van der Waals surface area contributed by atoms with E-state index in [9.17, 15) is 14.4 Å². The van der Waals surface area contributed by atoms with E-state index in [2.05, 4.69) is 5.32 Å². The molecule has 0 unspecified atom stereocenters. The van der Waals surface area contributed by atoms with Gasteiger partial charge in [0.05, 0.1) is 19.2 Å². The number of ketones is 1. The highest BCUT2D eigenvalue weighted by molar-refractivity contribution is 7.10. The van der Waals surface area contributed by atoms with Gasteiger partial charge in [-0.2, -0.15) is 0 Å². The largest absolute Gasteiger partial charge is 0.496 e. The summed E-state index contributed by atoms with van der Waals surface area (Å²) in [4.78, 5) is 40.5. The van der Waals surface area contributed by atoms with Crippen molar-refractivity contribution in [2.75, 3.05) is 13.7 Å². The fourth-order valence-corrected chi connectivity index (χ4v) is 4.79. The Labute approximate surface area is 154 Å². The molecule has 134 valence electrons. The van der Waals surface area contributed by atoms with Crippen molar-refractivity contribution in [3.05, 3.63) is 51.7 Å². The van der Waals surface area contributed by atoms with Crippen LogP contribution in [0.4, 0.5) is 4.79 Å². The quantitative estimate of drug-likeness (QED) is 0.663. The lowest BCUT2D eigenvalue weighted by Crippen LogP contribution is -2.46. The molecular formula is C19H18N2O4S. The van der Waals surface area contributed by atoms with Crippen LogP contribution in [0.2, 0.25) is 0 Å². The van der Waals surface area contributed by atoms with Gasteiger partial charge in [-0.25, -0.2) is 4.79 Å². The van der Waals surface area contributed by atoms with Gasteiger partial charge in [-0.3, -0.25) is 14.5 Å². The van der Waals surface area contributed by atoms with E-state index in [1.807, 2.05) is 11.4 Å². The number of amides is 3. The van der Waals surface area contributed by atoms with Crippen LogP contribution in [0.25, 0.3) is 0 Å². The second-order valence-electron chi connectivity index (χ2n) is 6.46. The lowest BCUT2D eigenvalue weighted by Gasteiger charge is -2.31. The van der Waals surface area contributed by atoms with Gasteiger partial charge in [0.1, 0.15) is 11.3 Å². The van der Waals surface area contributed by atoms with Crippen LogP contribution in [0.5, 0.6) is 5.75 Å². The molecule has 1 aliphatic carbocycles. The molecule has 1 fully saturated rings. The van der Waals surface area contributed by atoms with Crippen LogP contribution < -0.4 is 10.1 Å². The lowest BCUT2D eigenvalue weighted by molar-refractivity contribution is -0.131.